The summed E-state index contributed by atoms with van der Waals surface area (Å²) < 4.78 is 17.0. The highest BCUT2D eigenvalue weighted by molar-refractivity contribution is 9.10. The van der Waals surface area contributed by atoms with Crippen molar-refractivity contribution in [2.45, 2.75) is 45.7 Å². The SMILES string of the molecule is CCc1ncn(C[C@](C)(N)c2cc(Br)ccc2F)c1CC. The van der Waals surface area contributed by atoms with Crippen molar-refractivity contribution >= 4 is 15.9 Å². The molecule has 0 radical (unpaired) electrons. The molecule has 1 atom stereocenters. The van der Waals surface area contributed by atoms with Gasteiger partial charge in [-0.3, -0.25) is 0 Å². The van der Waals surface area contributed by atoms with Crippen LogP contribution in [0.5, 0.6) is 0 Å². The smallest absolute Gasteiger partial charge is 0.128 e. The molecule has 0 aliphatic rings. The molecule has 1 heterocycles. The van der Waals surface area contributed by atoms with E-state index >= 15 is 0 Å². The van der Waals surface area contributed by atoms with Crippen LogP contribution in [0, 0.1) is 5.82 Å². The highest BCUT2D eigenvalue weighted by Crippen LogP contribution is 2.27. The standard InChI is InChI=1S/C16H21BrFN3/c1-4-14-15(5-2)21(10-20-14)9-16(3,19)12-8-11(17)6-7-13(12)18/h6-8,10H,4-5,9,19H2,1-3H3/t16-/m0/s1. The van der Waals surface area contributed by atoms with Gasteiger partial charge in [0.25, 0.3) is 0 Å². The third kappa shape index (κ3) is 3.35. The van der Waals surface area contributed by atoms with Gasteiger partial charge in [0.2, 0.25) is 0 Å². The Labute approximate surface area is 133 Å². The van der Waals surface area contributed by atoms with Crippen LogP contribution in [0.3, 0.4) is 0 Å². The Morgan fingerprint density at radius 2 is 2.05 bits per heavy atom. The van der Waals surface area contributed by atoms with Crippen molar-refractivity contribution in [3.8, 4) is 0 Å². The Morgan fingerprint density at radius 1 is 1.33 bits per heavy atom. The van der Waals surface area contributed by atoms with Crippen molar-refractivity contribution in [2.24, 2.45) is 5.73 Å². The van der Waals surface area contributed by atoms with Crippen LogP contribution in [-0.2, 0) is 24.9 Å². The van der Waals surface area contributed by atoms with Gasteiger partial charge in [0.1, 0.15) is 5.82 Å². The van der Waals surface area contributed by atoms with Crippen LogP contribution in [0.25, 0.3) is 0 Å². The number of hydrogen-bond acceptors (Lipinski definition) is 2. The minimum absolute atomic E-state index is 0.280. The van der Waals surface area contributed by atoms with Gasteiger partial charge in [-0.15, -0.1) is 0 Å². The Hall–Kier alpha value is -1.20. The van der Waals surface area contributed by atoms with E-state index in [1.54, 1.807) is 18.5 Å². The average Bonchev–Trinajstić information content (AvgIpc) is 2.82. The fraction of sp³-hybridized carbons (Fsp3) is 0.438. The van der Waals surface area contributed by atoms with E-state index < -0.39 is 5.54 Å². The van der Waals surface area contributed by atoms with Crippen LogP contribution < -0.4 is 5.73 Å². The second-order valence-corrected chi connectivity index (χ2v) is 6.43. The van der Waals surface area contributed by atoms with Gasteiger partial charge < -0.3 is 10.3 Å². The summed E-state index contributed by atoms with van der Waals surface area (Å²) in [6.45, 7) is 6.53. The number of nitrogens with two attached hydrogens (primary N) is 1. The lowest BCUT2D eigenvalue weighted by atomic mass is 9.92. The first-order chi connectivity index (χ1) is 9.89. The van der Waals surface area contributed by atoms with Crippen LogP contribution >= 0.6 is 15.9 Å². The van der Waals surface area contributed by atoms with Crippen LogP contribution in [0.15, 0.2) is 29.0 Å². The number of hydrogen-bond donors (Lipinski definition) is 1. The summed E-state index contributed by atoms with van der Waals surface area (Å²) in [7, 11) is 0. The molecule has 1 aromatic heterocycles. The molecule has 2 N–H and O–H groups in total. The van der Waals surface area contributed by atoms with Gasteiger partial charge in [-0.05, 0) is 38.0 Å². The van der Waals surface area contributed by atoms with Gasteiger partial charge in [-0.25, -0.2) is 9.37 Å². The molecule has 0 bridgehead atoms. The normalized spacial score (nSPS) is 14.2. The number of aromatic nitrogens is 2. The van der Waals surface area contributed by atoms with Crippen molar-refractivity contribution in [3.63, 3.8) is 0 Å². The molecule has 0 saturated carbocycles. The summed E-state index contributed by atoms with van der Waals surface area (Å²) in [4.78, 5) is 4.43. The molecule has 0 unspecified atom stereocenters. The van der Waals surface area contributed by atoms with Crippen molar-refractivity contribution in [1.82, 2.24) is 9.55 Å². The molecular formula is C16H21BrFN3. The van der Waals surface area contributed by atoms with Crippen molar-refractivity contribution < 1.29 is 4.39 Å². The Kier molecular flexibility index (Phi) is 4.84. The molecule has 0 aliphatic carbocycles. The van der Waals surface area contributed by atoms with Crippen LogP contribution in [0.2, 0.25) is 0 Å². The lowest BCUT2D eigenvalue weighted by Gasteiger charge is -2.27. The van der Waals surface area contributed by atoms with Gasteiger partial charge in [-0.2, -0.15) is 0 Å². The van der Waals surface area contributed by atoms with Gasteiger partial charge >= 0.3 is 0 Å². The van der Waals surface area contributed by atoms with Gasteiger partial charge in [0.05, 0.1) is 17.6 Å². The van der Waals surface area contributed by atoms with E-state index in [4.69, 9.17) is 5.73 Å². The van der Waals surface area contributed by atoms with E-state index in [-0.39, 0.29) is 5.82 Å². The molecule has 114 valence electrons. The molecule has 1 aromatic carbocycles. The fourth-order valence-electron chi connectivity index (χ4n) is 2.66. The zero-order chi connectivity index (χ0) is 15.6. The van der Waals surface area contributed by atoms with Gasteiger partial charge in [-0.1, -0.05) is 29.8 Å². The number of rotatable bonds is 5. The maximum absolute atomic E-state index is 14.1. The lowest BCUT2D eigenvalue weighted by Crippen LogP contribution is -2.39. The Balaban J connectivity index is 2.37. The first kappa shape index (κ1) is 16.2. The quantitative estimate of drug-likeness (QED) is 0.888. The lowest BCUT2D eigenvalue weighted by molar-refractivity contribution is 0.387. The highest BCUT2D eigenvalue weighted by atomic mass is 79.9. The molecule has 2 aromatic rings. The number of aryl methyl sites for hydroxylation is 1. The average molecular weight is 354 g/mol. The van der Waals surface area contributed by atoms with Gasteiger partial charge in [0.15, 0.2) is 0 Å². The molecule has 5 heteroatoms. The van der Waals surface area contributed by atoms with E-state index in [0.717, 1.165) is 23.0 Å². The summed E-state index contributed by atoms with van der Waals surface area (Å²) in [6, 6.07) is 4.87. The maximum Gasteiger partial charge on any atom is 0.128 e. The van der Waals surface area contributed by atoms with Crippen molar-refractivity contribution in [2.75, 3.05) is 0 Å². The minimum atomic E-state index is -0.802. The first-order valence-electron chi connectivity index (χ1n) is 7.16. The Bertz CT molecular complexity index is 634. The van der Waals surface area contributed by atoms with E-state index in [1.165, 1.54) is 11.8 Å². The molecular weight excluding hydrogens is 333 g/mol. The zero-order valence-corrected chi connectivity index (χ0v) is 14.2. The molecule has 0 amide bonds. The van der Waals surface area contributed by atoms with Crippen molar-refractivity contribution in [1.29, 1.82) is 0 Å². The van der Waals surface area contributed by atoms with Crippen LogP contribution in [-0.4, -0.2) is 9.55 Å². The molecule has 0 fully saturated rings. The number of halogens is 2. The molecule has 3 nitrogen and oxygen atoms in total. The predicted octanol–water partition coefficient (Wildman–Crippen LogP) is 3.78. The molecule has 2 rings (SSSR count). The molecule has 0 aliphatic heterocycles. The summed E-state index contributed by atoms with van der Waals surface area (Å²) in [6.07, 6.45) is 3.58. The van der Waals surface area contributed by atoms with E-state index in [9.17, 15) is 4.39 Å². The van der Waals surface area contributed by atoms with E-state index in [2.05, 4.69) is 34.8 Å². The summed E-state index contributed by atoms with van der Waals surface area (Å²) in [5, 5.41) is 0. The van der Waals surface area contributed by atoms with E-state index in [1.807, 2.05) is 11.5 Å². The highest BCUT2D eigenvalue weighted by Gasteiger charge is 2.27. The topological polar surface area (TPSA) is 43.8 Å². The monoisotopic (exact) mass is 353 g/mol. The summed E-state index contributed by atoms with van der Waals surface area (Å²) in [5.41, 5.74) is 8.36. The third-order valence-corrected chi connectivity index (χ3v) is 4.24. The summed E-state index contributed by atoms with van der Waals surface area (Å²) in [5.74, 6) is -0.280. The predicted molar refractivity (Wildman–Crippen MR) is 86.6 cm³/mol. The van der Waals surface area contributed by atoms with Crippen LogP contribution in [0.4, 0.5) is 4.39 Å². The van der Waals surface area contributed by atoms with Gasteiger partial charge in [0, 0.05) is 22.3 Å². The largest absolute Gasteiger partial charge is 0.332 e. The third-order valence-electron chi connectivity index (χ3n) is 3.75. The fourth-order valence-corrected chi connectivity index (χ4v) is 3.02. The molecule has 21 heavy (non-hydrogen) atoms. The first-order valence-corrected chi connectivity index (χ1v) is 7.95. The number of benzene rings is 1. The number of imidazole rings is 1. The molecule has 0 spiro atoms. The Morgan fingerprint density at radius 3 is 2.67 bits per heavy atom. The van der Waals surface area contributed by atoms with E-state index in [0.29, 0.717) is 12.1 Å². The second kappa shape index (κ2) is 6.28. The second-order valence-electron chi connectivity index (χ2n) is 5.51. The maximum atomic E-state index is 14.1. The minimum Gasteiger partial charge on any atom is -0.332 e. The molecule has 0 saturated heterocycles. The van der Waals surface area contributed by atoms with Crippen molar-refractivity contribution in [3.05, 3.63) is 51.8 Å². The van der Waals surface area contributed by atoms with Crippen LogP contribution in [0.1, 0.15) is 37.7 Å². The number of nitrogens with zero attached hydrogens (tertiary/aromatic N) is 2. The summed E-state index contributed by atoms with van der Waals surface area (Å²) >= 11 is 3.38. The zero-order valence-electron chi connectivity index (χ0n) is 12.7.